The summed E-state index contributed by atoms with van der Waals surface area (Å²) in [6.45, 7) is 8.22. The Bertz CT molecular complexity index is 611. The van der Waals surface area contributed by atoms with E-state index in [1.807, 2.05) is 45.0 Å². The van der Waals surface area contributed by atoms with Crippen molar-refractivity contribution in [1.29, 1.82) is 0 Å². The van der Waals surface area contributed by atoms with Gasteiger partial charge in [0, 0.05) is 23.7 Å². The summed E-state index contributed by atoms with van der Waals surface area (Å²) < 4.78 is 15.5. The van der Waals surface area contributed by atoms with Crippen molar-refractivity contribution in [1.82, 2.24) is 4.72 Å². The van der Waals surface area contributed by atoms with Gasteiger partial charge < -0.3 is 5.73 Å². The van der Waals surface area contributed by atoms with Crippen LogP contribution in [0.25, 0.3) is 0 Å². The van der Waals surface area contributed by atoms with Gasteiger partial charge in [0.2, 0.25) is 0 Å². The Morgan fingerprint density at radius 3 is 2.42 bits per heavy atom. The lowest BCUT2D eigenvalue weighted by atomic mass is 10.0. The van der Waals surface area contributed by atoms with Crippen LogP contribution in [0.4, 0.5) is 5.69 Å². The van der Waals surface area contributed by atoms with Crippen LogP contribution in [0.1, 0.15) is 84.6 Å². The summed E-state index contributed by atoms with van der Waals surface area (Å²) in [5.74, 6) is 6.39. The number of rotatable bonds is 10. The van der Waals surface area contributed by atoms with E-state index in [0.29, 0.717) is 12.1 Å². The Hall–Kier alpha value is -1.31. The van der Waals surface area contributed by atoms with Crippen molar-refractivity contribution < 1.29 is 4.21 Å². The van der Waals surface area contributed by atoms with Crippen molar-refractivity contribution in [2.75, 3.05) is 5.73 Å². The van der Waals surface area contributed by atoms with E-state index in [4.69, 9.17) is 5.73 Å². The van der Waals surface area contributed by atoms with Crippen LogP contribution in [0.15, 0.2) is 24.3 Å². The summed E-state index contributed by atoms with van der Waals surface area (Å²) in [7, 11) is -1.07. The van der Waals surface area contributed by atoms with Crippen molar-refractivity contribution >= 4 is 16.7 Å². The Balaban J connectivity index is 2.60. The first-order valence-electron chi connectivity index (χ1n) is 9.86. The number of benzene rings is 1. The zero-order chi connectivity index (χ0) is 19.4. The van der Waals surface area contributed by atoms with Crippen LogP contribution in [0.3, 0.4) is 0 Å². The molecule has 0 radical (unpaired) electrons. The van der Waals surface area contributed by atoms with Crippen LogP contribution < -0.4 is 10.5 Å². The van der Waals surface area contributed by atoms with E-state index in [-0.39, 0.29) is 10.8 Å². The maximum absolute atomic E-state index is 12.5. The Morgan fingerprint density at radius 2 is 1.77 bits per heavy atom. The minimum absolute atomic E-state index is 0.152. The fourth-order valence-electron chi connectivity index (χ4n) is 2.58. The minimum Gasteiger partial charge on any atom is -0.398 e. The second-order valence-corrected chi connectivity index (χ2v) is 9.84. The molecule has 0 fully saturated rings. The topological polar surface area (TPSA) is 55.1 Å². The van der Waals surface area contributed by atoms with Gasteiger partial charge in [0.1, 0.15) is 0 Å². The number of nitrogens with two attached hydrogens (primary N) is 1. The lowest BCUT2D eigenvalue weighted by molar-refractivity contribution is 0.511. The van der Waals surface area contributed by atoms with Gasteiger partial charge in [0.05, 0.1) is 15.7 Å². The second kappa shape index (κ2) is 12.1. The number of para-hydroxylation sites is 1. The fourth-order valence-corrected chi connectivity index (χ4v) is 3.44. The SMILES string of the molecule is CCCCCCCC[C@H](CC#Cc1ccccc1N)NS(=O)C(C)(C)C. The lowest BCUT2D eigenvalue weighted by Crippen LogP contribution is -2.39. The number of nitrogen functional groups attached to an aromatic ring is 1. The maximum atomic E-state index is 12.5. The monoisotopic (exact) mass is 376 g/mol. The van der Waals surface area contributed by atoms with Gasteiger partial charge in [0.25, 0.3) is 0 Å². The molecular formula is C22H36N2OS. The van der Waals surface area contributed by atoms with Gasteiger partial charge in [-0.25, -0.2) is 8.93 Å². The molecule has 0 aliphatic carbocycles. The molecule has 0 heterocycles. The zero-order valence-electron chi connectivity index (χ0n) is 16.9. The van der Waals surface area contributed by atoms with Crippen LogP contribution in [-0.4, -0.2) is 15.0 Å². The molecule has 146 valence electrons. The smallest absolute Gasteiger partial charge is 0.0973 e. The quantitative estimate of drug-likeness (QED) is 0.336. The van der Waals surface area contributed by atoms with E-state index in [0.717, 1.165) is 18.4 Å². The first-order valence-corrected chi connectivity index (χ1v) is 11.0. The molecular weight excluding hydrogens is 340 g/mol. The van der Waals surface area contributed by atoms with E-state index in [1.54, 1.807) is 0 Å². The highest BCUT2D eigenvalue weighted by Gasteiger charge is 2.22. The molecule has 0 amide bonds. The van der Waals surface area contributed by atoms with E-state index in [9.17, 15) is 4.21 Å². The van der Waals surface area contributed by atoms with Crippen molar-refractivity contribution in [2.45, 2.75) is 89.9 Å². The number of nitrogens with one attached hydrogen (secondary N) is 1. The number of unbranched alkanes of at least 4 members (excludes halogenated alkanes) is 5. The molecule has 0 aliphatic heterocycles. The zero-order valence-corrected chi connectivity index (χ0v) is 17.8. The van der Waals surface area contributed by atoms with Crippen LogP contribution in [0, 0.1) is 11.8 Å². The van der Waals surface area contributed by atoms with Crippen LogP contribution >= 0.6 is 0 Å². The van der Waals surface area contributed by atoms with Crippen molar-refractivity contribution in [3.8, 4) is 11.8 Å². The summed E-state index contributed by atoms with van der Waals surface area (Å²) in [4.78, 5) is 0. The third kappa shape index (κ3) is 9.40. The average Bonchev–Trinajstić information content (AvgIpc) is 2.58. The normalized spacial score (nSPS) is 13.7. The predicted octanol–water partition coefficient (Wildman–Crippen LogP) is 5.18. The van der Waals surface area contributed by atoms with Gasteiger partial charge in [-0.05, 0) is 39.3 Å². The van der Waals surface area contributed by atoms with Crippen LogP contribution in [0.2, 0.25) is 0 Å². The summed E-state index contributed by atoms with van der Waals surface area (Å²) >= 11 is 0. The molecule has 1 aromatic rings. The largest absolute Gasteiger partial charge is 0.398 e. The molecule has 3 N–H and O–H groups in total. The minimum atomic E-state index is -1.07. The molecule has 1 rings (SSSR count). The molecule has 0 aliphatic rings. The van der Waals surface area contributed by atoms with E-state index in [1.165, 1.54) is 32.1 Å². The molecule has 2 atom stereocenters. The molecule has 4 heteroatoms. The first kappa shape index (κ1) is 22.7. The summed E-state index contributed by atoms with van der Waals surface area (Å²) in [5.41, 5.74) is 7.52. The summed E-state index contributed by atoms with van der Waals surface area (Å²) in [6, 6.07) is 7.81. The molecule has 0 saturated heterocycles. The Labute approximate surface area is 163 Å². The molecule has 3 nitrogen and oxygen atoms in total. The standard InChI is InChI=1S/C22H36N2OS/c1-5-6-7-8-9-10-16-20(24-26(25)22(2,3)4)17-13-15-19-14-11-12-18-21(19)23/h11-12,14,18,20,24H,5-10,16-17,23H2,1-4H3/t20-,26?/m1/s1. The Kier molecular flexibility index (Phi) is 10.6. The van der Waals surface area contributed by atoms with Crippen LogP contribution in [-0.2, 0) is 11.0 Å². The Morgan fingerprint density at radius 1 is 1.12 bits per heavy atom. The third-order valence-corrected chi connectivity index (χ3v) is 5.93. The van der Waals surface area contributed by atoms with Crippen molar-refractivity contribution in [2.24, 2.45) is 0 Å². The van der Waals surface area contributed by atoms with E-state index < -0.39 is 11.0 Å². The van der Waals surface area contributed by atoms with Crippen molar-refractivity contribution in [3.63, 3.8) is 0 Å². The summed E-state index contributed by atoms with van der Waals surface area (Å²) in [6.07, 6.45) is 9.27. The molecule has 1 aromatic carbocycles. The number of hydrogen-bond acceptors (Lipinski definition) is 2. The van der Waals surface area contributed by atoms with Gasteiger partial charge in [-0.15, -0.1) is 0 Å². The molecule has 1 unspecified atom stereocenters. The molecule has 0 spiro atoms. The van der Waals surface area contributed by atoms with Gasteiger partial charge in [-0.3, -0.25) is 0 Å². The highest BCUT2D eigenvalue weighted by atomic mass is 32.2. The van der Waals surface area contributed by atoms with Gasteiger partial charge in [0.15, 0.2) is 0 Å². The van der Waals surface area contributed by atoms with Crippen molar-refractivity contribution in [3.05, 3.63) is 29.8 Å². The van der Waals surface area contributed by atoms with E-state index in [2.05, 4.69) is 23.5 Å². The van der Waals surface area contributed by atoms with Gasteiger partial charge in [-0.1, -0.05) is 69.4 Å². The highest BCUT2D eigenvalue weighted by Crippen LogP contribution is 2.15. The molecule has 0 bridgehead atoms. The molecule has 0 aromatic heterocycles. The average molecular weight is 377 g/mol. The third-order valence-electron chi connectivity index (χ3n) is 4.27. The summed E-state index contributed by atoms with van der Waals surface area (Å²) in [5, 5.41) is 0. The number of hydrogen-bond donors (Lipinski definition) is 2. The van der Waals surface area contributed by atoms with Crippen LogP contribution in [0.5, 0.6) is 0 Å². The second-order valence-electron chi connectivity index (χ2n) is 7.85. The molecule has 26 heavy (non-hydrogen) atoms. The highest BCUT2D eigenvalue weighted by molar-refractivity contribution is 7.84. The fraction of sp³-hybridized carbons (Fsp3) is 0.636. The van der Waals surface area contributed by atoms with Gasteiger partial charge in [-0.2, -0.15) is 0 Å². The first-order chi connectivity index (χ1) is 12.3. The van der Waals surface area contributed by atoms with Gasteiger partial charge >= 0.3 is 0 Å². The van der Waals surface area contributed by atoms with E-state index >= 15 is 0 Å². The molecule has 0 saturated carbocycles. The predicted molar refractivity (Wildman–Crippen MR) is 115 cm³/mol. The lowest BCUT2D eigenvalue weighted by Gasteiger charge is -2.23. The number of anilines is 1. The maximum Gasteiger partial charge on any atom is 0.0973 e.